The van der Waals surface area contributed by atoms with Gasteiger partial charge in [-0.2, -0.15) is 0 Å². The number of nitrogens with one attached hydrogen (secondary N) is 9. The Bertz CT molecular complexity index is 2100. The molecule has 95 heavy (non-hydrogen) atoms. The molecule has 0 saturated heterocycles. The summed E-state index contributed by atoms with van der Waals surface area (Å²) in [5.74, 6) is 1.08. The van der Waals surface area contributed by atoms with E-state index >= 15 is 0 Å². The largest absolute Gasteiger partial charge is 0.507 e. The van der Waals surface area contributed by atoms with Gasteiger partial charge in [0.05, 0.1) is 35.6 Å². The van der Waals surface area contributed by atoms with Crippen molar-refractivity contribution in [2.24, 2.45) is 44.6 Å². The van der Waals surface area contributed by atoms with E-state index in [4.69, 9.17) is 28.7 Å². The molecule has 20 N–H and O–H groups in total. The van der Waals surface area contributed by atoms with Crippen LogP contribution in [-0.2, 0) is 19.2 Å². The number of phenolic OH excluding ortho intramolecular Hbond substituents is 1. The number of rotatable bonds is 48. The highest BCUT2D eigenvalue weighted by Gasteiger charge is 2.17. The van der Waals surface area contributed by atoms with Crippen molar-refractivity contribution in [3.05, 3.63) is 41.1 Å². The molecular weight excluding hydrogens is 1200 g/mol. The van der Waals surface area contributed by atoms with Gasteiger partial charge in [0.1, 0.15) is 5.75 Å². The molecule has 0 aromatic heterocycles. The number of hydrogen-bond acceptors (Lipinski definition) is 16. The number of phenols is 1. The molecule has 2 rings (SSSR count). The smallest absolute Gasteiger partial charge is 0.255 e. The number of hydrogen-bond donors (Lipinski definition) is 15. The molecule has 0 radical (unpaired) electrons. The second-order valence-corrected chi connectivity index (χ2v) is 26.2. The Balaban J connectivity index is -0.000000354. The maximum Gasteiger partial charge on any atom is 0.255 e. The third kappa shape index (κ3) is 66.0. The van der Waals surface area contributed by atoms with Crippen LogP contribution in [0.25, 0.3) is 0 Å². The Hall–Kier alpha value is -5.07. The second kappa shape index (κ2) is 67.5. The fourth-order valence-corrected chi connectivity index (χ4v) is 8.82. The van der Waals surface area contributed by atoms with Crippen molar-refractivity contribution in [3.8, 4) is 5.75 Å². The molecule has 0 fully saturated rings. The van der Waals surface area contributed by atoms with Crippen LogP contribution >= 0.6 is 0 Å². The van der Waals surface area contributed by atoms with Gasteiger partial charge in [-0.3, -0.25) is 34.0 Å². The lowest BCUT2D eigenvalue weighted by Gasteiger charge is -2.13. The Labute approximate surface area is 580 Å². The number of aryl methyl sites for hydroxylation is 1. The zero-order valence-corrected chi connectivity index (χ0v) is 61.2. The average Bonchev–Trinajstić information content (AvgIpc) is 1.57. The van der Waals surface area contributed by atoms with E-state index in [2.05, 4.69) is 141 Å². The van der Waals surface area contributed by atoms with Gasteiger partial charge in [-0.15, -0.1) is 0 Å². The zero-order valence-electron chi connectivity index (χ0n) is 61.2. The average molecular weight is 1350 g/mol. The number of carbonyl (C=O) groups is 5. The number of para-hydroxylation sites is 1. The Morgan fingerprint density at radius 2 is 0.863 bits per heavy atom. The molecule has 1 aromatic rings. The summed E-state index contributed by atoms with van der Waals surface area (Å²) in [6, 6.07) is 5.73. The molecule has 0 bridgehead atoms. The van der Waals surface area contributed by atoms with E-state index in [-0.39, 0.29) is 62.2 Å². The van der Waals surface area contributed by atoms with Crippen LogP contribution in [0.1, 0.15) is 268 Å². The number of nitrogens with two attached hydrogens (primary N) is 5. The third-order valence-electron chi connectivity index (χ3n) is 14.6. The van der Waals surface area contributed by atoms with Crippen LogP contribution in [0.15, 0.2) is 40.0 Å². The van der Waals surface area contributed by atoms with Gasteiger partial charge in [0, 0.05) is 82.3 Å². The summed E-state index contributed by atoms with van der Waals surface area (Å²) in [5.41, 5.74) is 30.9. The number of unbranched alkanes of at least 4 members (excludes halogenated alkanes) is 9. The maximum absolute atomic E-state index is 11.9. The van der Waals surface area contributed by atoms with Crippen molar-refractivity contribution in [2.45, 2.75) is 308 Å². The summed E-state index contributed by atoms with van der Waals surface area (Å²) in [6.45, 7) is 37.4. The standard InChI is InChI=1S/C15H32N4O.C15H24N2O2.C14H26N4O.C14H31N3O.C13H29N3O.2CH4/c1-12(2)8-5-4-6-10-19-15(20)14(17)9-7-11-18-13(3)16;1-11(2)16-9-4-5-10-17-15(19)13-8-6-7-12(3)14(13)18;1-11(2)17-6-3-4-7-18-14(19)13(15)9-12-5-8-16-10-12;1-4-5-6-9-13(15)14(18)17-11-8-7-10-16-12(2)3;1-4-5-8-12(14)13(17)16-10-7-6-9-15-11(2)3;;/h12,14H,4-11,17H2,1-3H3,(H2,16,18)(H,19,20);6-8,11,16,18H,4-5,9-10H2,1-3H3,(H,17,19);8,10-11,13,17H,3-7,9,15H2,1-2H3,(H,18,19);12-13,16H,4-11,15H2,1-3H3,(H,17,18);11-12,15H,4-10,14H2,1-3H3,(H,16,17);2*1H4/t14-;;2*13-;12-;;/m0.000../s1. The summed E-state index contributed by atoms with van der Waals surface area (Å²) in [7, 11) is 0. The molecule has 1 heterocycles. The normalized spacial score (nSPS) is 12.8. The second-order valence-electron chi connectivity index (χ2n) is 26.2. The Kier molecular flexibility index (Phi) is 70.1. The van der Waals surface area contributed by atoms with Gasteiger partial charge in [0.25, 0.3) is 5.91 Å². The highest BCUT2D eigenvalue weighted by atomic mass is 16.3. The number of carbonyl (C=O) groups excluding carboxylic acids is 5. The van der Waals surface area contributed by atoms with E-state index in [1.807, 2.05) is 6.21 Å². The van der Waals surface area contributed by atoms with E-state index in [1.54, 1.807) is 38.2 Å². The van der Waals surface area contributed by atoms with E-state index in [1.165, 1.54) is 12.8 Å². The molecule has 22 nitrogen and oxygen atoms in total. The molecular formula is C73H150N16O6. The predicted molar refractivity (Wildman–Crippen MR) is 406 cm³/mol. The van der Waals surface area contributed by atoms with Crippen LogP contribution in [-0.4, -0.2) is 160 Å². The minimum absolute atomic E-state index is 0. The number of nitrogens with zero attached hydrogens (tertiary/aromatic N) is 2. The van der Waals surface area contributed by atoms with Crippen LogP contribution in [0.5, 0.6) is 5.75 Å². The highest BCUT2D eigenvalue weighted by Crippen LogP contribution is 2.21. The molecule has 1 aliphatic heterocycles. The topological polar surface area (TPSA) is 369 Å². The first kappa shape index (κ1) is 98.6. The molecule has 4 atom stereocenters. The lowest BCUT2D eigenvalue weighted by atomic mass is 10.1. The molecule has 1 aromatic carbocycles. The fraction of sp³-hybridized carbons (Fsp3) is 0.795. The minimum atomic E-state index is -0.457. The van der Waals surface area contributed by atoms with Crippen molar-refractivity contribution in [1.29, 1.82) is 0 Å². The van der Waals surface area contributed by atoms with Gasteiger partial charge >= 0.3 is 0 Å². The first-order chi connectivity index (χ1) is 44.2. The molecule has 0 spiro atoms. The van der Waals surface area contributed by atoms with Crippen molar-refractivity contribution < 1.29 is 29.1 Å². The van der Waals surface area contributed by atoms with E-state index in [0.717, 1.165) is 179 Å². The molecule has 0 saturated carbocycles. The molecule has 0 aliphatic carbocycles. The van der Waals surface area contributed by atoms with Crippen LogP contribution < -0.4 is 76.5 Å². The van der Waals surface area contributed by atoms with Gasteiger partial charge in [0.2, 0.25) is 23.6 Å². The summed E-state index contributed by atoms with van der Waals surface area (Å²) >= 11 is 0. The number of benzene rings is 1. The minimum Gasteiger partial charge on any atom is -0.507 e. The molecule has 5 amide bonds. The molecule has 1 aliphatic rings. The van der Waals surface area contributed by atoms with Crippen molar-refractivity contribution in [3.63, 3.8) is 0 Å². The predicted octanol–water partition coefficient (Wildman–Crippen LogP) is 9.43. The Morgan fingerprint density at radius 3 is 1.24 bits per heavy atom. The summed E-state index contributed by atoms with van der Waals surface area (Å²) in [6.07, 6.45) is 26.4. The van der Waals surface area contributed by atoms with Crippen molar-refractivity contribution in [2.75, 3.05) is 65.4 Å². The van der Waals surface area contributed by atoms with Gasteiger partial charge in [-0.1, -0.05) is 161 Å². The highest BCUT2D eigenvalue weighted by molar-refractivity contribution is 5.97. The van der Waals surface area contributed by atoms with Crippen LogP contribution in [0.2, 0.25) is 0 Å². The van der Waals surface area contributed by atoms with Crippen molar-refractivity contribution >= 4 is 41.6 Å². The number of amidine groups is 1. The molecule has 558 valence electrons. The van der Waals surface area contributed by atoms with Crippen LogP contribution in [0.4, 0.5) is 0 Å². The van der Waals surface area contributed by atoms with Crippen LogP contribution in [0.3, 0.4) is 0 Å². The number of aliphatic imine (C=N–C) groups is 2. The van der Waals surface area contributed by atoms with Gasteiger partial charge in [-0.05, 0) is 153 Å². The summed E-state index contributed by atoms with van der Waals surface area (Å²) in [4.78, 5) is 66.6. The number of amides is 5. The van der Waals surface area contributed by atoms with Gasteiger partial charge < -0.3 is 81.6 Å². The van der Waals surface area contributed by atoms with E-state index in [9.17, 15) is 29.1 Å². The van der Waals surface area contributed by atoms with Crippen LogP contribution in [0, 0.1) is 12.8 Å². The third-order valence-corrected chi connectivity index (χ3v) is 14.6. The summed E-state index contributed by atoms with van der Waals surface area (Å²) in [5, 5.41) is 37.6. The molecule has 22 heteroatoms. The first-order valence-corrected chi connectivity index (χ1v) is 35.8. The monoisotopic (exact) mass is 1350 g/mol. The SMILES string of the molecule is C.C.CC(C)NCCCCNC(=O)[C@@H](N)CC1=CN=CC1.CC(N)=NCCC[C@H](N)C(=O)NCCCCCC(C)C.CCCCC[C@H](N)C(=O)NCCCCNC(C)C.CCCC[C@H](N)C(=O)NCCCCNC(C)C.Cc1cccc(C(=O)NCCCCNC(C)C)c1O. The number of aromatic hydroxyl groups is 1. The van der Waals surface area contributed by atoms with E-state index < -0.39 is 12.1 Å². The first-order valence-electron chi connectivity index (χ1n) is 35.8. The quantitative estimate of drug-likeness (QED) is 0.0164. The summed E-state index contributed by atoms with van der Waals surface area (Å²) < 4.78 is 0. The maximum atomic E-state index is 11.9. The molecule has 0 unspecified atom stereocenters. The fourth-order valence-electron chi connectivity index (χ4n) is 8.82. The van der Waals surface area contributed by atoms with Gasteiger partial charge in [0.15, 0.2) is 0 Å². The zero-order chi connectivity index (χ0) is 70.6. The lowest BCUT2D eigenvalue weighted by molar-refractivity contribution is -0.123. The van der Waals surface area contributed by atoms with Gasteiger partial charge in [-0.25, -0.2) is 0 Å². The van der Waals surface area contributed by atoms with Crippen molar-refractivity contribution in [1.82, 2.24) is 47.9 Å². The lowest BCUT2D eigenvalue weighted by Crippen LogP contribution is -2.41. The Morgan fingerprint density at radius 1 is 0.495 bits per heavy atom. The van der Waals surface area contributed by atoms with E-state index in [0.29, 0.717) is 73.6 Å².